The zero-order valence-corrected chi connectivity index (χ0v) is 22.1. The summed E-state index contributed by atoms with van der Waals surface area (Å²) in [6.45, 7) is 11.2. The van der Waals surface area contributed by atoms with Gasteiger partial charge >= 0.3 is 6.09 Å². The molecule has 1 aromatic rings. The Kier molecular flexibility index (Phi) is 11.6. The van der Waals surface area contributed by atoms with Crippen LogP contribution in [0.1, 0.15) is 20.3 Å². The zero-order valence-electron chi connectivity index (χ0n) is 19.7. The minimum Gasteiger partial charge on any atom is -0.450 e. The Bertz CT molecular complexity index is 763. The van der Waals surface area contributed by atoms with Crippen LogP contribution in [-0.4, -0.2) is 105 Å². The Morgan fingerprint density at radius 1 is 0.909 bits per heavy atom. The van der Waals surface area contributed by atoms with E-state index in [9.17, 15) is 9.59 Å². The number of halogens is 1. The van der Waals surface area contributed by atoms with Crippen LogP contribution in [0.25, 0.3) is 0 Å². The lowest BCUT2D eigenvalue weighted by atomic mass is 10.2. The molecule has 9 nitrogen and oxygen atoms in total. The fraction of sp³-hybridized carbons (Fsp3) is 0.609. The molecule has 2 amide bonds. The Hall–Kier alpha value is -2.24. The smallest absolute Gasteiger partial charge is 0.409 e. The fourth-order valence-electron chi connectivity index (χ4n) is 4.01. The van der Waals surface area contributed by atoms with Gasteiger partial charge in [0.25, 0.3) is 0 Å². The summed E-state index contributed by atoms with van der Waals surface area (Å²) in [7, 11) is 0. The quantitative estimate of drug-likeness (QED) is 0.320. The van der Waals surface area contributed by atoms with Gasteiger partial charge in [-0.2, -0.15) is 0 Å². The molecular formula is C23H37IN6O3. The van der Waals surface area contributed by atoms with Crippen molar-refractivity contribution in [1.29, 1.82) is 0 Å². The number of ether oxygens (including phenoxy) is 1. The SMILES string of the molecule is CCNC(=NCCC(=O)N1CCN(c2ccccc2)CC1)N1CCN(C(=O)OCC)CC1.I. The number of benzene rings is 1. The molecule has 0 atom stereocenters. The van der Waals surface area contributed by atoms with E-state index in [1.807, 2.05) is 36.9 Å². The first kappa shape index (κ1) is 27.0. The van der Waals surface area contributed by atoms with Crippen molar-refractivity contribution in [2.24, 2.45) is 4.99 Å². The minimum absolute atomic E-state index is 0. The molecule has 2 saturated heterocycles. The number of hydrogen-bond acceptors (Lipinski definition) is 5. The van der Waals surface area contributed by atoms with E-state index in [0.717, 1.165) is 38.7 Å². The number of anilines is 1. The van der Waals surface area contributed by atoms with Crippen molar-refractivity contribution >= 4 is 47.6 Å². The lowest BCUT2D eigenvalue weighted by Gasteiger charge is -2.36. The molecule has 33 heavy (non-hydrogen) atoms. The highest BCUT2D eigenvalue weighted by Crippen LogP contribution is 2.16. The second-order valence-electron chi connectivity index (χ2n) is 7.86. The van der Waals surface area contributed by atoms with Crippen LogP contribution in [0, 0.1) is 0 Å². The lowest BCUT2D eigenvalue weighted by Crippen LogP contribution is -2.54. The van der Waals surface area contributed by atoms with E-state index in [0.29, 0.717) is 45.8 Å². The molecule has 1 aromatic carbocycles. The van der Waals surface area contributed by atoms with Crippen molar-refractivity contribution in [2.45, 2.75) is 20.3 Å². The molecule has 0 aromatic heterocycles. The summed E-state index contributed by atoms with van der Waals surface area (Å²) in [6.07, 6.45) is 0.148. The molecule has 0 radical (unpaired) electrons. The van der Waals surface area contributed by atoms with Crippen molar-refractivity contribution in [1.82, 2.24) is 20.0 Å². The van der Waals surface area contributed by atoms with Crippen LogP contribution in [0.2, 0.25) is 0 Å². The molecule has 2 aliphatic heterocycles. The van der Waals surface area contributed by atoms with E-state index >= 15 is 0 Å². The first-order valence-electron chi connectivity index (χ1n) is 11.6. The third kappa shape index (κ3) is 7.94. The van der Waals surface area contributed by atoms with Crippen molar-refractivity contribution in [3.63, 3.8) is 0 Å². The van der Waals surface area contributed by atoms with Crippen molar-refractivity contribution < 1.29 is 14.3 Å². The number of nitrogens with zero attached hydrogens (tertiary/aromatic N) is 5. The Morgan fingerprint density at radius 2 is 1.52 bits per heavy atom. The van der Waals surface area contributed by atoms with E-state index in [4.69, 9.17) is 4.74 Å². The van der Waals surface area contributed by atoms with Crippen LogP contribution in [0.3, 0.4) is 0 Å². The normalized spacial score (nSPS) is 16.8. The Balaban J connectivity index is 0.00000385. The van der Waals surface area contributed by atoms with Gasteiger partial charge in [-0.1, -0.05) is 18.2 Å². The van der Waals surface area contributed by atoms with E-state index in [1.54, 1.807) is 4.90 Å². The average molecular weight is 572 g/mol. The van der Waals surface area contributed by atoms with Crippen LogP contribution in [0.15, 0.2) is 35.3 Å². The first-order valence-corrected chi connectivity index (χ1v) is 11.6. The van der Waals surface area contributed by atoms with Crippen LogP contribution in [0.5, 0.6) is 0 Å². The summed E-state index contributed by atoms with van der Waals surface area (Å²) < 4.78 is 5.08. The monoisotopic (exact) mass is 572 g/mol. The predicted molar refractivity (Wildman–Crippen MR) is 141 cm³/mol. The van der Waals surface area contributed by atoms with Crippen molar-refractivity contribution in [2.75, 3.05) is 77.0 Å². The highest BCUT2D eigenvalue weighted by Gasteiger charge is 2.24. The van der Waals surface area contributed by atoms with Crippen LogP contribution >= 0.6 is 24.0 Å². The maximum Gasteiger partial charge on any atom is 0.409 e. The average Bonchev–Trinajstić information content (AvgIpc) is 2.84. The maximum absolute atomic E-state index is 12.7. The number of carbonyl (C=O) groups excluding carboxylic acids is 2. The minimum atomic E-state index is -0.257. The van der Waals surface area contributed by atoms with Gasteiger partial charge in [0.05, 0.1) is 13.2 Å². The van der Waals surface area contributed by atoms with Gasteiger partial charge in [0.1, 0.15) is 0 Å². The summed E-state index contributed by atoms with van der Waals surface area (Å²) in [5.74, 6) is 0.960. The van der Waals surface area contributed by atoms with Gasteiger partial charge in [-0.15, -0.1) is 24.0 Å². The summed E-state index contributed by atoms with van der Waals surface area (Å²) in [4.78, 5) is 37.4. The molecule has 0 saturated carbocycles. The number of para-hydroxylation sites is 1. The van der Waals surface area contributed by atoms with E-state index in [-0.39, 0.29) is 36.0 Å². The number of carbonyl (C=O) groups is 2. The zero-order chi connectivity index (χ0) is 22.8. The molecule has 1 N–H and O–H groups in total. The number of nitrogens with one attached hydrogen (secondary N) is 1. The highest BCUT2D eigenvalue weighted by molar-refractivity contribution is 14.0. The molecule has 2 aliphatic rings. The molecule has 0 bridgehead atoms. The summed E-state index contributed by atoms with van der Waals surface area (Å²) >= 11 is 0. The van der Waals surface area contributed by atoms with Gasteiger partial charge in [-0.05, 0) is 26.0 Å². The maximum atomic E-state index is 12.7. The molecule has 184 valence electrons. The Morgan fingerprint density at radius 3 is 2.12 bits per heavy atom. The van der Waals surface area contributed by atoms with Gasteiger partial charge in [0, 0.05) is 71.0 Å². The topological polar surface area (TPSA) is 80.7 Å². The van der Waals surface area contributed by atoms with Crippen molar-refractivity contribution in [3.05, 3.63) is 30.3 Å². The summed E-state index contributed by atoms with van der Waals surface area (Å²) in [5, 5.41) is 3.31. The molecule has 2 fully saturated rings. The Labute approximate surface area is 214 Å². The van der Waals surface area contributed by atoms with Gasteiger partial charge in [-0.3, -0.25) is 9.79 Å². The molecule has 0 aliphatic carbocycles. The first-order chi connectivity index (χ1) is 15.6. The molecular weight excluding hydrogens is 535 g/mol. The largest absolute Gasteiger partial charge is 0.450 e. The highest BCUT2D eigenvalue weighted by atomic mass is 127. The number of aliphatic imine (C=N–C) groups is 1. The number of hydrogen-bond donors (Lipinski definition) is 1. The number of piperazine rings is 2. The molecule has 2 heterocycles. The summed E-state index contributed by atoms with van der Waals surface area (Å²) in [5.41, 5.74) is 1.21. The predicted octanol–water partition coefficient (Wildman–Crippen LogP) is 2.08. The van der Waals surface area contributed by atoms with Crippen LogP contribution in [-0.2, 0) is 9.53 Å². The van der Waals surface area contributed by atoms with Crippen molar-refractivity contribution in [3.8, 4) is 0 Å². The lowest BCUT2D eigenvalue weighted by molar-refractivity contribution is -0.131. The van der Waals surface area contributed by atoms with E-state index in [1.165, 1.54) is 5.69 Å². The number of rotatable bonds is 6. The van der Waals surface area contributed by atoms with E-state index < -0.39 is 0 Å². The molecule has 10 heteroatoms. The van der Waals surface area contributed by atoms with E-state index in [2.05, 4.69) is 32.2 Å². The van der Waals surface area contributed by atoms with Gasteiger partial charge in [-0.25, -0.2) is 4.79 Å². The third-order valence-electron chi connectivity index (χ3n) is 5.78. The standard InChI is InChI=1S/C23H36N6O3.HI/c1-3-24-22(28-16-18-29(19-17-28)23(31)32-4-2)25-11-10-21(30)27-14-12-26(13-15-27)20-8-6-5-7-9-20;/h5-9H,3-4,10-19H2,1-2H3,(H,24,25);1H. The van der Waals surface area contributed by atoms with Crippen LogP contribution < -0.4 is 10.2 Å². The second-order valence-corrected chi connectivity index (χ2v) is 7.86. The second kappa shape index (κ2) is 14.1. The number of amides is 2. The summed E-state index contributed by atoms with van der Waals surface area (Å²) in [6, 6.07) is 10.3. The molecule has 3 rings (SSSR count). The van der Waals surface area contributed by atoms with Crippen LogP contribution in [0.4, 0.5) is 10.5 Å². The van der Waals surface area contributed by atoms with Gasteiger partial charge < -0.3 is 29.7 Å². The molecule has 0 unspecified atom stereocenters. The third-order valence-corrected chi connectivity index (χ3v) is 5.78. The fourth-order valence-corrected chi connectivity index (χ4v) is 4.01. The number of guanidine groups is 1. The van der Waals surface area contributed by atoms with Gasteiger partial charge in [0.2, 0.25) is 5.91 Å². The van der Waals surface area contributed by atoms with Gasteiger partial charge in [0.15, 0.2) is 5.96 Å². The molecule has 0 spiro atoms.